The van der Waals surface area contributed by atoms with Crippen LogP contribution in [0.3, 0.4) is 0 Å². The van der Waals surface area contributed by atoms with E-state index in [0.29, 0.717) is 22.7 Å². The molecule has 2 rings (SSSR count). The summed E-state index contributed by atoms with van der Waals surface area (Å²) in [4.78, 5) is 22.7. The fraction of sp³-hybridized carbons (Fsp3) is 0.125. The Morgan fingerprint density at radius 1 is 1.00 bits per heavy atom. The van der Waals surface area contributed by atoms with E-state index in [9.17, 15) is 9.59 Å². The molecule has 6 heteroatoms. The van der Waals surface area contributed by atoms with Crippen molar-refractivity contribution in [2.45, 2.75) is 0 Å². The molecule has 0 aliphatic carbocycles. The highest BCUT2D eigenvalue weighted by Crippen LogP contribution is 2.16. The molecule has 0 spiro atoms. The molecule has 0 atom stereocenters. The summed E-state index contributed by atoms with van der Waals surface area (Å²) in [6.45, 7) is -0.139. The second-order valence-electron chi connectivity index (χ2n) is 4.36. The van der Waals surface area contributed by atoms with Crippen molar-refractivity contribution in [3.8, 4) is 11.5 Å². The molecule has 5 nitrogen and oxygen atoms in total. The lowest BCUT2D eigenvalue weighted by Crippen LogP contribution is -2.20. The van der Waals surface area contributed by atoms with Crippen LogP contribution < -0.4 is 14.8 Å². The average molecular weight is 320 g/mol. The lowest BCUT2D eigenvalue weighted by Gasteiger charge is -2.08. The van der Waals surface area contributed by atoms with E-state index < -0.39 is 5.24 Å². The smallest absolute Gasteiger partial charge is 0.262 e. The fourth-order valence-corrected chi connectivity index (χ4v) is 1.83. The van der Waals surface area contributed by atoms with Crippen LogP contribution >= 0.6 is 11.6 Å². The first-order chi connectivity index (χ1) is 10.6. The van der Waals surface area contributed by atoms with Crippen molar-refractivity contribution in [1.82, 2.24) is 0 Å². The molecule has 0 aromatic heterocycles. The lowest BCUT2D eigenvalue weighted by atomic mass is 10.2. The molecule has 0 aliphatic heterocycles. The number of methoxy groups -OCH3 is 1. The van der Waals surface area contributed by atoms with Crippen molar-refractivity contribution < 1.29 is 19.1 Å². The van der Waals surface area contributed by atoms with E-state index in [4.69, 9.17) is 21.1 Å². The third-order valence-electron chi connectivity index (χ3n) is 2.82. The van der Waals surface area contributed by atoms with Crippen LogP contribution in [0, 0.1) is 0 Å². The summed E-state index contributed by atoms with van der Waals surface area (Å²) >= 11 is 5.34. The van der Waals surface area contributed by atoms with Crippen LogP contribution in [0.15, 0.2) is 48.5 Å². The number of carbonyl (C=O) groups is 2. The number of hydrogen-bond acceptors (Lipinski definition) is 4. The zero-order valence-electron chi connectivity index (χ0n) is 11.8. The molecule has 1 N–H and O–H groups in total. The highest BCUT2D eigenvalue weighted by molar-refractivity contribution is 6.67. The van der Waals surface area contributed by atoms with Crippen LogP contribution in [-0.2, 0) is 4.79 Å². The molecule has 0 unspecified atom stereocenters. The van der Waals surface area contributed by atoms with Gasteiger partial charge in [0.05, 0.1) is 7.11 Å². The Hall–Kier alpha value is -2.53. The summed E-state index contributed by atoms with van der Waals surface area (Å²) < 4.78 is 10.4. The van der Waals surface area contributed by atoms with Gasteiger partial charge in [-0.2, -0.15) is 0 Å². The summed E-state index contributed by atoms with van der Waals surface area (Å²) in [5.41, 5.74) is 1.02. The highest BCUT2D eigenvalue weighted by atomic mass is 35.5. The molecule has 0 heterocycles. The summed E-state index contributed by atoms with van der Waals surface area (Å²) in [6.07, 6.45) is 0. The van der Waals surface area contributed by atoms with Gasteiger partial charge in [-0.1, -0.05) is 0 Å². The number of anilines is 1. The predicted octanol–water partition coefficient (Wildman–Crippen LogP) is 3.09. The number of hydrogen-bond donors (Lipinski definition) is 1. The molecule has 2 aromatic rings. The second-order valence-corrected chi connectivity index (χ2v) is 4.71. The number of benzene rings is 2. The molecule has 2 aromatic carbocycles. The predicted molar refractivity (Wildman–Crippen MR) is 83.7 cm³/mol. The van der Waals surface area contributed by atoms with Gasteiger partial charge in [0.25, 0.3) is 11.1 Å². The molecule has 0 bridgehead atoms. The van der Waals surface area contributed by atoms with Gasteiger partial charge in [0.1, 0.15) is 11.5 Å². The molecule has 0 saturated carbocycles. The van der Waals surface area contributed by atoms with E-state index in [1.807, 2.05) is 0 Å². The summed E-state index contributed by atoms with van der Waals surface area (Å²) in [5.74, 6) is 0.900. The van der Waals surface area contributed by atoms with Gasteiger partial charge in [-0.05, 0) is 60.1 Å². The quantitative estimate of drug-likeness (QED) is 0.831. The number of ether oxygens (including phenoxy) is 2. The highest BCUT2D eigenvalue weighted by Gasteiger charge is 2.05. The minimum Gasteiger partial charge on any atom is -0.497 e. The van der Waals surface area contributed by atoms with Crippen molar-refractivity contribution >= 4 is 28.4 Å². The van der Waals surface area contributed by atoms with E-state index in [-0.39, 0.29) is 12.5 Å². The van der Waals surface area contributed by atoms with Gasteiger partial charge in [0, 0.05) is 11.3 Å². The maximum Gasteiger partial charge on any atom is 0.262 e. The number of amides is 1. The van der Waals surface area contributed by atoms with Crippen LogP contribution in [0.4, 0.5) is 5.69 Å². The van der Waals surface area contributed by atoms with Crippen molar-refractivity contribution in [2.24, 2.45) is 0 Å². The molecule has 0 saturated heterocycles. The van der Waals surface area contributed by atoms with Crippen LogP contribution in [-0.4, -0.2) is 24.9 Å². The first-order valence-corrected chi connectivity index (χ1v) is 6.83. The Bertz CT molecular complexity index is 653. The maximum atomic E-state index is 11.8. The van der Waals surface area contributed by atoms with Crippen molar-refractivity contribution in [2.75, 3.05) is 19.0 Å². The van der Waals surface area contributed by atoms with Gasteiger partial charge < -0.3 is 14.8 Å². The Morgan fingerprint density at radius 3 is 2.14 bits per heavy atom. The zero-order valence-corrected chi connectivity index (χ0v) is 12.6. The molecule has 0 fully saturated rings. The average Bonchev–Trinajstić information content (AvgIpc) is 2.54. The number of rotatable bonds is 6. The summed E-state index contributed by atoms with van der Waals surface area (Å²) in [6, 6.07) is 13.2. The minimum absolute atomic E-state index is 0.139. The Kier molecular flexibility index (Phi) is 5.38. The van der Waals surface area contributed by atoms with E-state index in [1.165, 1.54) is 12.1 Å². The molecular formula is C16H14ClNO4. The topological polar surface area (TPSA) is 64.6 Å². The van der Waals surface area contributed by atoms with Crippen molar-refractivity contribution in [3.05, 3.63) is 54.1 Å². The van der Waals surface area contributed by atoms with Crippen LogP contribution in [0.5, 0.6) is 11.5 Å². The fourth-order valence-electron chi connectivity index (χ4n) is 1.70. The normalized spacial score (nSPS) is 9.91. The Balaban J connectivity index is 1.85. The van der Waals surface area contributed by atoms with Gasteiger partial charge in [0.15, 0.2) is 6.61 Å². The number of nitrogens with one attached hydrogen (secondary N) is 1. The summed E-state index contributed by atoms with van der Waals surface area (Å²) in [5, 5.41) is 2.16. The van der Waals surface area contributed by atoms with Gasteiger partial charge >= 0.3 is 0 Å². The largest absolute Gasteiger partial charge is 0.497 e. The third-order valence-corrected chi connectivity index (χ3v) is 3.04. The molecule has 0 radical (unpaired) electrons. The molecule has 114 valence electrons. The molecule has 0 aliphatic rings. The standard InChI is InChI=1S/C16H14ClNO4/c1-21-13-8-4-12(5-9-13)18-15(19)10-22-14-6-2-11(3-7-14)16(17)20/h2-9H,10H2,1H3,(H,18,19). The Morgan fingerprint density at radius 2 is 1.59 bits per heavy atom. The van der Waals surface area contributed by atoms with Gasteiger partial charge in [-0.25, -0.2) is 0 Å². The Labute approximate surface area is 132 Å². The monoisotopic (exact) mass is 319 g/mol. The van der Waals surface area contributed by atoms with Gasteiger partial charge in [0.2, 0.25) is 0 Å². The van der Waals surface area contributed by atoms with E-state index >= 15 is 0 Å². The lowest BCUT2D eigenvalue weighted by molar-refractivity contribution is -0.118. The van der Waals surface area contributed by atoms with Crippen LogP contribution in [0.25, 0.3) is 0 Å². The SMILES string of the molecule is COc1ccc(NC(=O)COc2ccc(C(=O)Cl)cc2)cc1. The minimum atomic E-state index is -0.538. The summed E-state index contributed by atoms with van der Waals surface area (Å²) in [7, 11) is 1.57. The van der Waals surface area contributed by atoms with Crippen molar-refractivity contribution in [3.63, 3.8) is 0 Å². The number of halogens is 1. The van der Waals surface area contributed by atoms with Crippen molar-refractivity contribution in [1.29, 1.82) is 0 Å². The zero-order chi connectivity index (χ0) is 15.9. The second kappa shape index (κ2) is 7.47. The van der Waals surface area contributed by atoms with Crippen LogP contribution in [0.2, 0.25) is 0 Å². The first kappa shape index (κ1) is 15.9. The van der Waals surface area contributed by atoms with Gasteiger partial charge in [-0.15, -0.1) is 0 Å². The molecular weight excluding hydrogens is 306 g/mol. The maximum absolute atomic E-state index is 11.8. The van der Waals surface area contributed by atoms with Gasteiger partial charge in [-0.3, -0.25) is 9.59 Å². The van der Waals surface area contributed by atoms with Crippen LogP contribution in [0.1, 0.15) is 10.4 Å². The third kappa shape index (κ3) is 4.49. The molecule has 22 heavy (non-hydrogen) atoms. The van der Waals surface area contributed by atoms with E-state index in [1.54, 1.807) is 43.5 Å². The number of carbonyl (C=O) groups excluding carboxylic acids is 2. The van der Waals surface area contributed by atoms with E-state index in [2.05, 4.69) is 5.32 Å². The molecule has 1 amide bonds. The van der Waals surface area contributed by atoms with E-state index in [0.717, 1.165) is 0 Å². The first-order valence-electron chi connectivity index (χ1n) is 6.45.